The first kappa shape index (κ1) is 9.57. The predicted molar refractivity (Wildman–Crippen MR) is 58.6 cm³/mol. The number of hydrogen-bond acceptors (Lipinski definition) is 1. The summed E-state index contributed by atoms with van der Waals surface area (Å²) in [7, 11) is 0. The van der Waals surface area contributed by atoms with E-state index in [0.717, 1.165) is 11.7 Å². The second-order valence-corrected chi connectivity index (χ2v) is 4.47. The van der Waals surface area contributed by atoms with Crippen molar-refractivity contribution in [2.45, 2.75) is 39.2 Å². The maximum atomic E-state index is 5.93. The highest BCUT2D eigenvalue weighted by atomic mass is 16.5. The van der Waals surface area contributed by atoms with Gasteiger partial charge in [-0.25, -0.2) is 0 Å². The average Bonchev–Trinajstić information content (AvgIpc) is 2.51. The largest absolute Gasteiger partial charge is 0.490 e. The van der Waals surface area contributed by atoms with Crippen molar-refractivity contribution in [3.8, 4) is 5.75 Å². The fourth-order valence-corrected chi connectivity index (χ4v) is 2.14. The molecule has 76 valence electrons. The fraction of sp³-hybridized carbons (Fsp3) is 0.538. The molecule has 1 saturated carbocycles. The summed E-state index contributed by atoms with van der Waals surface area (Å²) in [5, 5.41) is 0. The molecule has 1 fully saturated rings. The lowest BCUT2D eigenvalue weighted by atomic mass is 10.1. The molecule has 14 heavy (non-hydrogen) atoms. The van der Waals surface area contributed by atoms with Gasteiger partial charge in [-0.1, -0.05) is 19.1 Å². The monoisotopic (exact) mass is 190 g/mol. The molecule has 1 aliphatic rings. The summed E-state index contributed by atoms with van der Waals surface area (Å²) in [6.07, 6.45) is 4.20. The van der Waals surface area contributed by atoms with Gasteiger partial charge in [-0.2, -0.15) is 0 Å². The Morgan fingerprint density at radius 3 is 2.79 bits per heavy atom. The minimum atomic E-state index is 0.451. The van der Waals surface area contributed by atoms with E-state index in [1.807, 2.05) is 0 Å². The molecule has 0 aromatic heterocycles. The van der Waals surface area contributed by atoms with Crippen molar-refractivity contribution in [3.05, 3.63) is 29.8 Å². The summed E-state index contributed by atoms with van der Waals surface area (Å²) in [5.74, 6) is 1.87. The number of aryl methyl sites for hydroxylation is 1. The molecule has 1 aromatic carbocycles. The zero-order valence-corrected chi connectivity index (χ0v) is 8.99. The van der Waals surface area contributed by atoms with E-state index in [1.54, 1.807) is 0 Å². The molecule has 0 unspecified atom stereocenters. The molecule has 1 heteroatoms. The lowest BCUT2D eigenvalue weighted by Gasteiger charge is -2.13. The molecule has 0 bridgehead atoms. The van der Waals surface area contributed by atoms with Gasteiger partial charge >= 0.3 is 0 Å². The molecule has 1 aromatic rings. The summed E-state index contributed by atoms with van der Waals surface area (Å²) >= 11 is 0. The second-order valence-electron chi connectivity index (χ2n) is 4.47. The minimum Gasteiger partial charge on any atom is -0.490 e. The van der Waals surface area contributed by atoms with Crippen molar-refractivity contribution in [2.75, 3.05) is 0 Å². The maximum absolute atomic E-state index is 5.93. The Hall–Kier alpha value is -0.980. The van der Waals surface area contributed by atoms with Gasteiger partial charge in [0.15, 0.2) is 0 Å². The summed E-state index contributed by atoms with van der Waals surface area (Å²) in [6.45, 7) is 4.41. The van der Waals surface area contributed by atoms with E-state index in [2.05, 4.69) is 38.1 Å². The normalized spacial score (nSPS) is 26.4. The van der Waals surface area contributed by atoms with Crippen molar-refractivity contribution in [1.82, 2.24) is 0 Å². The van der Waals surface area contributed by atoms with Crippen molar-refractivity contribution < 1.29 is 4.74 Å². The van der Waals surface area contributed by atoms with E-state index in [1.165, 1.54) is 24.8 Å². The first-order valence-electron chi connectivity index (χ1n) is 5.47. The van der Waals surface area contributed by atoms with Crippen LogP contribution in [0.3, 0.4) is 0 Å². The maximum Gasteiger partial charge on any atom is 0.119 e. The number of rotatable bonds is 2. The Balaban J connectivity index is 1.97. The molecule has 2 atom stereocenters. The van der Waals surface area contributed by atoms with Crippen molar-refractivity contribution in [2.24, 2.45) is 5.92 Å². The van der Waals surface area contributed by atoms with Crippen molar-refractivity contribution >= 4 is 0 Å². The third-order valence-corrected chi connectivity index (χ3v) is 2.94. The van der Waals surface area contributed by atoms with Crippen LogP contribution in [0.5, 0.6) is 5.75 Å². The topological polar surface area (TPSA) is 9.23 Å². The van der Waals surface area contributed by atoms with E-state index in [0.29, 0.717) is 6.10 Å². The highest BCUT2D eigenvalue weighted by Gasteiger charge is 2.22. The Labute approximate surface area is 86.1 Å². The summed E-state index contributed by atoms with van der Waals surface area (Å²) in [4.78, 5) is 0. The van der Waals surface area contributed by atoms with Crippen molar-refractivity contribution in [1.29, 1.82) is 0 Å². The molecule has 1 nitrogen and oxygen atoms in total. The highest BCUT2D eigenvalue weighted by molar-refractivity contribution is 5.27. The number of ether oxygens (including phenoxy) is 1. The molecule has 1 aliphatic carbocycles. The predicted octanol–water partition coefficient (Wildman–Crippen LogP) is 3.56. The standard InChI is InChI=1S/C13H18O/c1-10-4-3-5-12(8-10)14-13-7-6-11(2)9-13/h3-5,8,11,13H,6-7,9H2,1-2H3/t11-,13-/m1/s1. The third-order valence-electron chi connectivity index (χ3n) is 2.94. The first-order valence-corrected chi connectivity index (χ1v) is 5.47. The Morgan fingerprint density at radius 2 is 2.14 bits per heavy atom. The van der Waals surface area contributed by atoms with Gasteiger partial charge in [-0.05, 0) is 49.8 Å². The number of hydrogen-bond donors (Lipinski definition) is 0. The fourth-order valence-electron chi connectivity index (χ4n) is 2.14. The Kier molecular flexibility index (Phi) is 2.76. The van der Waals surface area contributed by atoms with Gasteiger partial charge in [0.25, 0.3) is 0 Å². The lowest BCUT2D eigenvalue weighted by Crippen LogP contribution is -2.11. The second kappa shape index (κ2) is 4.04. The molecule has 0 heterocycles. The van der Waals surface area contributed by atoms with E-state index >= 15 is 0 Å². The zero-order valence-electron chi connectivity index (χ0n) is 8.99. The molecule has 2 rings (SSSR count). The molecular weight excluding hydrogens is 172 g/mol. The van der Waals surface area contributed by atoms with Crippen LogP contribution in [0.25, 0.3) is 0 Å². The molecule has 0 amide bonds. The molecule has 0 spiro atoms. The van der Waals surface area contributed by atoms with Crippen LogP contribution >= 0.6 is 0 Å². The summed E-state index contributed by atoms with van der Waals surface area (Å²) in [6, 6.07) is 8.33. The quantitative estimate of drug-likeness (QED) is 0.692. The zero-order chi connectivity index (χ0) is 9.97. The third kappa shape index (κ3) is 2.28. The van der Waals surface area contributed by atoms with Gasteiger partial charge in [0, 0.05) is 0 Å². The van der Waals surface area contributed by atoms with Gasteiger partial charge in [-0.15, -0.1) is 0 Å². The number of benzene rings is 1. The summed E-state index contributed by atoms with van der Waals surface area (Å²) < 4.78 is 5.93. The van der Waals surface area contributed by atoms with Crippen LogP contribution < -0.4 is 4.74 Å². The average molecular weight is 190 g/mol. The molecular formula is C13H18O. The first-order chi connectivity index (χ1) is 6.74. The van der Waals surface area contributed by atoms with Crippen LogP contribution in [0.4, 0.5) is 0 Å². The van der Waals surface area contributed by atoms with Crippen LogP contribution in [0.1, 0.15) is 31.7 Å². The summed E-state index contributed by atoms with van der Waals surface area (Å²) in [5.41, 5.74) is 1.27. The SMILES string of the molecule is Cc1cccc(O[C@@H]2CC[C@@H](C)C2)c1. The van der Waals surface area contributed by atoms with E-state index < -0.39 is 0 Å². The smallest absolute Gasteiger partial charge is 0.119 e. The molecule has 0 saturated heterocycles. The van der Waals surface area contributed by atoms with Crippen LogP contribution in [-0.4, -0.2) is 6.10 Å². The van der Waals surface area contributed by atoms with Crippen LogP contribution in [0.2, 0.25) is 0 Å². The van der Waals surface area contributed by atoms with Gasteiger partial charge in [0.05, 0.1) is 6.10 Å². The lowest BCUT2D eigenvalue weighted by molar-refractivity contribution is 0.205. The Morgan fingerprint density at radius 1 is 1.29 bits per heavy atom. The van der Waals surface area contributed by atoms with Gasteiger partial charge in [0.2, 0.25) is 0 Å². The van der Waals surface area contributed by atoms with Gasteiger partial charge in [-0.3, -0.25) is 0 Å². The van der Waals surface area contributed by atoms with Gasteiger partial charge < -0.3 is 4.74 Å². The molecule has 0 aliphatic heterocycles. The van der Waals surface area contributed by atoms with Gasteiger partial charge in [0.1, 0.15) is 5.75 Å². The highest BCUT2D eigenvalue weighted by Crippen LogP contribution is 2.28. The van der Waals surface area contributed by atoms with Crippen LogP contribution in [-0.2, 0) is 0 Å². The minimum absolute atomic E-state index is 0.451. The van der Waals surface area contributed by atoms with Crippen LogP contribution in [0, 0.1) is 12.8 Å². The van der Waals surface area contributed by atoms with E-state index in [4.69, 9.17) is 4.74 Å². The molecule has 0 radical (unpaired) electrons. The molecule has 0 N–H and O–H groups in total. The van der Waals surface area contributed by atoms with Crippen LogP contribution in [0.15, 0.2) is 24.3 Å². The Bertz CT molecular complexity index is 306. The van der Waals surface area contributed by atoms with Crippen molar-refractivity contribution in [3.63, 3.8) is 0 Å². The van der Waals surface area contributed by atoms with E-state index in [9.17, 15) is 0 Å². The van der Waals surface area contributed by atoms with E-state index in [-0.39, 0.29) is 0 Å².